The molecule has 166 valence electrons. The second-order valence-electron chi connectivity index (χ2n) is 7.18. The topological polar surface area (TPSA) is 82.1 Å². The maximum absolute atomic E-state index is 12.8. The van der Waals surface area contributed by atoms with E-state index in [9.17, 15) is 13.2 Å². The number of carbonyl (C=O) groups is 1. The van der Waals surface area contributed by atoms with Gasteiger partial charge in [0, 0.05) is 13.1 Å². The van der Waals surface area contributed by atoms with E-state index in [0.717, 1.165) is 5.56 Å². The van der Waals surface area contributed by atoms with E-state index in [1.54, 1.807) is 24.3 Å². The summed E-state index contributed by atoms with van der Waals surface area (Å²) >= 11 is 0. The smallest absolute Gasteiger partial charge is 0.343 e. The Morgan fingerprint density at radius 3 is 2.28 bits per heavy atom. The molecule has 1 heterocycles. The Morgan fingerprint density at radius 1 is 0.875 bits per heavy atom. The van der Waals surface area contributed by atoms with Gasteiger partial charge in [-0.05, 0) is 48.0 Å². The standard InChI is InChI=1S/C24H23NO6S/c26-24(20-7-4-8-23(17-20)32(27,28)25-13-15-29-16-14-25)31-22-11-9-21(10-12-22)30-18-19-5-2-1-3-6-19/h1-12,17H,13-16,18H2. The summed E-state index contributed by atoms with van der Waals surface area (Å²) in [5, 5.41) is 0. The van der Waals surface area contributed by atoms with E-state index >= 15 is 0 Å². The Kier molecular flexibility index (Phi) is 6.84. The van der Waals surface area contributed by atoms with Crippen molar-refractivity contribution in [1.82, 2.24) is 4.31 Å². The Balaban J connectivity index is 1.40. The molecule has 3 aromatic rings. The normalized spacial score (nSPS) is 14.6. The van der Waals surface area contributed by atoms with E-state index in [1.807, 2.05) is 30.3 Å². The molecule has 32 heavy (non-hydrogen) atoms. The van der Waals surface area contributed by atoms with Crippen molar-refractivity contribution in [3.63, 3.8) is 0 Å². The van der Waals surface area contributed by atoms with Crippen LogP contribution < -0.4 is 9.47 Å². The molecule has 0 aliphatic carbocycles. The first-order valence-electron chi connectivity index (χ1n) is 10.2. The molecular formula is C24H23NO6S. The minimum absolute atomic E-state index is 0.0542. The molecule has 8 heteroatoms. The van der Waals surface area contributed by atoms with E-state index in [1.165, 1.54) is 28.6 Å². The van der Waals surface area contributed by atoms with E-state index < -0.39 is 16.0 Å². The number of sulfonamides is 1. The quantitative estimate of drug-likeness (QED) is 0.402. The molecule has 4 rings (SSSR count). The molecule has 0 spiro atoms. The van der Waals surface area contributed by atoms with Crippen LogP contribution in [0.25, 0.3) is 0 Å². The lowest BCUT2D eigenvalue weighted by atomic mass is 10.2. The number of ether oxygens (including phenoxy) is 3. The zero-order valence-electron chi connectivity index (χ0n) is 17.3. The second kappa shape index (κ2) is 9.95. The molecule has 0 N–H and O–H groups in total. The van der Waals surface area contributed by atoms with Crippen LogP contribution in [0.4, 0.5) is 0 Å². The van der Waals surface area contributed by atoms with Crippen molar-refractivity contribution in [3.8, 4) is 11.5 Å². The summed E-state index contributed by atoms with van der Waals surface area (Å²) in [6, 6.07) is 22.3. The molecule has 0 atom stereocenters. The first-order chi connectivity index (χ1) is 15.5. The fourth-order valence-electron chi connectivity index (χ4n) is 3.23. The molecule has 0 bridgehead atoms. The Labute approximate surface area is 187 Å². The maximum atomic E-state index is 12.8. The maximum Gasteiger partial charge on any atom is 0.343 e. The highest BCUT2D eigenvalue weighted by Crippen LogP contribution is 2.22. The first kappa shape index (κ1) is 22.0. The Bertz CT molecular complexity index is 1160. The summed E-state index contributed by atoms with van der Waals surface area (Å²) in [7, 11) is -3.70. The number of hydrogen-bond acceptors (Lipinski definition) is 6. The van der Waals surface area contributed by atoms with Crippen molar-refractivity contribution in [1.29, 1.82) is 0 Å². The van der Waals surface area contributed by atoms with Gasteiger partial charge >= 0.3 is 5.97 Å². The molecule has 0 amide bonds. The Morgan fingerprint density at radius 2 is 1.56 bits per heavy atom. The fraction of sp³-hybridized carbons (Fsp3) is 0.208. The predicted octanol–water partition coefficient (Wildman–Crippen LogP) is 3.51. The van der Waals surface area contributed by atoms with Crippen LogP contribution in [-0.4, -0.2) is 45.0 Å². The van der Waals surface area contributed by atoms with Gasteiger partial charge in [0.2, 0.25) is 10.0 Å². The number of esters is 1. The number of morpholine rings is 1. The van der Waals surface area contributed by atoms with Gasteiger partial charge in [-0.1, -0.05) is 36.4 Å². The number of hydrogen-bond donors (Lipinski definition) is 0. The second-order valence-corrected chi connectivity index (χ2v) is 9.12. The first-order valence-corrected chi connectivity index (χ1v) is 11.6. The molecule has 0 unspecified atom stereocenters. The van der Waals surface area contributed by atoms with Crippen LogP contribution in [0.3, 0.4) is 0 Å². The zero-order chi connectivity index (χ0) is 22.4. The predicted molar refractivity (Wildman–Crippen MR) is 118 cm³/mol. The number of nitrogens with zero attached hydrogens (tertiary/aromatic N) is 1. The van der Waals surface area contributed by atoms with Crippen LogP contribution in [0.1, 0.15) is 15.9 Å². The highest BCUT2D eigenvalue weighted by atomic mass is 32.2. The molecule has 1 aliphatic rings. The summed E-state index contributed by atoms with van der Waals surface area (Å²) < 4.78 is 43.4. The van der Waals surface area contributed by atoms with Gasteiger partial charge in [0.1, 0.15) is 18.1 Å². The largest absolute Gasteiger partial charge is 0.489 e. The van der Waals surface area contributed by atoms with E-state index in [-0.39, 0.29) is 23.5 Å². The average Bonchev–Trinajstić information content (AvgIpc) is 2.85. The van der Waals surface area contributed by atoms with Gasteiger partial charge in [-0.2, -0.15) is 4.31 Å². The molecule has 7 nitrogen and oxygen atoms in total. The Hall–Kier alpha value is -3.20. The lowest BCUT2D eigenvalue weighted by molar-refractivity contribution is 0.0727. The molecule has 1 aliphatic heterocycles. The van der Waals surface area contributed by atoms with Gasteiger partial charge < -0.3 is 14.2 Å². The minimum atomic E-state index is -3.70. The van der Waals surface area contributed by atoms with Crippen LogP contribution >= 0.6 is 0 Å². The fourth-order valence-corrected chi connectivity index (χ4v) is 4.68. The summed E-state index contributed by atoms with van der Waals surface area (Å²) in [5.74, 6) is 0.345. The molecule has 0 saturated carbocycles. The third-order valence-electron chi connectivity index (χ3n) is 4.96. The highest BCUT2D eigenvalue weighted by Gasteiger charge is 2.27. The third-order valence-corrected chi connectivity index (χ3v) is 6.85. The van der Waals surface area contributed by atoms with E-state index in [0.29, 0.717) is 31.3 Å². The van der Waals surface area contributed by atoms with Gasteiger partial charge in [-0.15, -0.1) is 0 Å². The zero-order valence-corrected chi connectivity index (χ0v) is 18.2. The molecule has 0 aromatic heterocycles. The van der Waals surface area contributed by atoms with Gasteiger partial charge in [0.25, 0.3) is 0 Å². The highest BCUT2D eigenvalue weighted by molar-refractivity contribution is 7.89. The molecular weight excluding hydrogens is 430 g/mol. The summed E-state index contributed by atoms with van der Waals surface area (Å²) in [4.78, 5) is 12.6. The lowest BCUT2D eigenvalue weighted by Gasteiger charge is -2.26. The lowest BCUT2D eigenvalue weighted by Crippen LogP contribution is -2.40. The SMILES string of the molecule is O=C(Oc1ccc(OCc2ccccc2)cc1)c1cccc(S(=O)(=O)N2CCOCC2)c1. The number of carbonyl (C=O) groups excluding carboxylic acids is 1. The summed E-state index contributed by atoms with van der Waals surface area (Å²) in [6.07, 6.45) is 0. The summed E-state index contributed by atoms with van der Waals surface area (Å²) in [6.45, 7) is 1.72. The van der Waals surface area contributed by atoms with Crippen molar-refractivity contribution in [2.24, 2.45) is 0 Å². The third kappa shape index (κ3) is 5.34. The van der Waals surface area contributed by atoms with Crippen LogP contribution in [0.5, 0.6) is 11.5 Å². The van der Waals surface area contributed by atoms with Crippen molar-refractivity contribution in [2.75, 3.05) is 26.3 Å². The van der Waals surface area contributed by atoms with Crippen molar-refractivity contribution in [3.05, 3.63) is 90.0 Å². The summed E-state index contributed by atoms with van der Waals surface area (Å²) in [5.41, 5.74) is 1.21. The van der Waals surface area contributed by atoms with Gasteiger partial charge in [-0.25, -0.2) is 13.2 Å². The number of rotatable bonds is 7. The van der Waals surface area contributed by atoms with Crippen molar-refractivity contribution < 1.29 is 27.4 Å². The molecule has 0 radical (unpaired) electrons. The monoisotopic (exact) mass is 453 g/mol. The van der Waals surface area contributed by atoms with E-state index in [4.69, 9.17) is 14.2 Å². The van der Waals surface area contributed by atoms with Crippen LogP contribution in [0.15, 0.2) is 83.8 Å². The van der Waals surface area contributed by atoms with Crippen LogP contribution in [0, 0.1) is 0 Å². The molecule has 3 aromatic carbocycles. The van der Waals surface area contributed by atoms with Crippen molar-refractivity contribution >= 4 is 16.0 Å². The molecule has 1 saturated heterocycles. The van der Waals surface area contributed by atoms with E-state index in [2.05, 4.69) is 0 Å². The van der Waals surface area contributed by atoms with Gasteiger partial charge in [0.15, 0.2) is 0 Å². The van der Waals surface area contributed by atoms with Crippen LogP contribution in [-0.2, 0) is 21.4 Å². The number of benzene rings is 3. The van der Waals surface area contributed by atoms with Gasteiger partial charge in [-0.3, -0.25) is 0 Å². The average molecular weight is 454 g/mol. The molecule has 1 fully saturated rings. The van der Waals surface area contributed by atoms with Gasteiger partial charge in [0.05, 0.1) is 23.7 Å². The van der Waals surface area contributed by atoms with Crippen LogP contribution in [0.2, 0.25) is 0 Å². The van der Waals surface area contributed by atoms with Crippen molar-refractivity contribution in [2.45, 2.75) is 11.5 Å². The minimum Gasteiger partial charge on any atom is -0.489 e.